The molecule has 0 radical (unpaired) electrons. The predicted molar refractivity (Wildman–Crippen MR) is 84.0 cm³/mol. The Balaban J connectivity index is 2.18. The number of anilines is 2. The first-order valence-electron chi connectivity index (χ1n) is 6.98. The topological polar surface area (TPSA) is 53.1 Å². The largest absolute Gasteiger partial charge is 0.384 e. The van der Waals surface area contributed by atoms with Gasteiger partial charge in [-0.15, -0.1) is 0 Å². The van der Waals surface area contributed by atoms with Crippen molar-refractivity contribution >= 4 is 17.2 Å². The summed E-state index contributed by atoms with van der Waals surface area (Å²) in [6.45, 7) is 3.06. The SMILES string of the molecule is Cc1cccc(C(=N)N)c1N1CCCc2ccccc21. The Morgan fingerprint density at radius 2 is 1.95 bits per heavy atom. The van der Waals surface area contributed by atoms with Gasteiger partial charge in [0.15, 0.2) is 0 Å². The van der Waals surface area contributed by atoms with E-state index >= 15 is 0 Å². The van der Waals surface area contributed by atoms with Crippen LogP contribution in [-0.4, -0.2) is 12.4 Å². The molecule has 1 aliphatic rings. The fraction of sp³-hybridized carbons (Fsp3) is 0.235. The lowest BCUT2D eigenvalue weighted by Gasteiger charge is -2.33. The monoisotopic (exact) mass is 265 g/mol. The summed E-state index contributed by atoms with van der Waals surface area (Å²) < 4.78 is 0. The highest BCUT2D eigenvalue weighted by Crippen LogP contribution is 2.36. The third-order valence-electron chi connectivity index (χ3n) is 3.91. The van der Waals surface area contributed by atoms with Gasteiger partial charge in [-0.2, -0.15) is 0 Å². The van der Waals surface area contributed by atoms with E-state index in [-0.39, 0.29) is 5.84 Å². The van der Waals surface area contributed by atoms with Crippen LogP contribution in [0.3, 0.4) is 0 Å². The molecule has 102 valence electrons. The molecule has 1 aliphatic heterocycles. The van der Waals surface area contributed by atoms with Gasteiger partial charge in [0, 0.05) is 17.8 Å². The number of aryl methyl sites for hydroxylation is 2. The second kappa shape index (κ2) is 5.00. The molecule has 3 rings (SSSR count). The van der Waals surface area contributed by atoms with E-state index in [1.54, 1.807) is 0 Å². The van der Waals surface area contributed by atoms with E-state index in [9.17, 15) is 0 Å². The lowest BCUT2D eigenvalue weighted by molar-refractivity contribution is 0.765. The van der Waals surface area contributed by atoms with Gasteiger partial charge in [0.1, 0.15) is 5.84 Å². The highest BCUT2D eigenvalue weighted by atomic mass is 15.1. The lowest BCUT2D eigenvalue weighted by atomic mass is 9.98. The summed E-state index contributed by atoms with van der Waals surface area (Å²) in [4.78, 5) is 2.31. The van der Waals surface area contributed by atoms with Crippen LogP contribution in [0.5, 0.6) is 0 Å². The van der Waals surface area contributed by atoms with Crippen molar-refractivity contribution in [3.63, 3.8) is 0 Å². The quantitative estimate of drug-likeness (QED) is 0.646. The minimum Gasteiger partial charge on any atom is -0.384 e. The maximum atomic E-state index is 7.83. The Bertz CT molecular complexity index is 661. The minimum absolute atomic E-state index is 0.131. The molecule has 2 aromatic carbocycles. The number of nitrogens with zero attached hydrogens (tertiary/aromatic N) is 1. The molecule has 0 unspecified atom stereocenters. The molecule has 0 bridgehead atoms. The summed E-state index contributed by atoms with van der Waals surface area (Å²) in [6.07, 6.45) is 2.25. The third-order valence-corrected chi connectivity index (χ3v) is 3.91. The molecule has 3 nitrogen and oxygen atoms in total. The van der Waals surface area contributed by atoms with Gasteiger partial charge in [-0.25, -0.2) is 0 Å². The van der Waals surface area contributed by atoms with Gasteiger partial charge in [-0.05, 0) is 43.0 Å². The van der Waals surface area contributed by atoms with Crippen molar-refractivity contribution in [2.24, 2.45) is 5.73 Å². The molecule has 0 aliphatic carbocycles. The normalized spacial score (nSPS) is 13.9. The van der Waals surface area contributed by atoms with Crippen LogP contribution >= 0.6 is 0 Å². The Morgan fingerprint density at radius 3 is 2.75 bits per heavy atom. The number of fused-ring (bicyclic) bond motifs is 1. The first-order valence-corrected chi connectivity index (χ1v) is 6.98. The van der Waals surface area contributed by atoms with Gasteiger partial charge in [0.25, 0.3) is 0 Å². The average Bonchev–Trinajstić information content (AvgIpc) is 2.46. The number of nitrogens with one attached hydrogen (secondary N) is 1. The van der Waals surface area contributed by atoms with Crippen LogP contribution in [-0.2, 0) is 6.42 Å². The maximum Gasteiger partial charge on any atom is 0.124 e. The minimum atomic E-state index is 0.131. The lowest BCUT2D eigenvalue weighted by Crippen LogP contribution is -2.28. The molecule has 0 saturated carbocycles. The molecule has 0 fully saturated rings. The zero-order valence-corrected chi connectivity index (χ0v) is 11.7. The van der Waals surface area contributed by atoms with Crippen LogP contribution in [0.4, 0.5) is 11.4 Å². The van der Waals surface area contributed by atoms with E-state index in [1.165, 1.54) is 11.3 Å². The molecule has 0 atom stereocenters. The first kappa shape index (κ1) is 12.7. The van der Waals surface area contributed by atoms with Crippen molar-refractivity contribution in [2.45, 2.75) is 19.8 Å². The van der Waals surface area contributed by atoms with Crippen LogP contribution in [0, 0.1) is 12.3 Å². The highest BCUT2D eigenvalue weighted by Gasteiger charge is 2.22. The smallest absolute Gasteiger partial charge is 0.124 e. The second-order valence-electron chi connectivity index (χ2n) is 5.27. The van der Waals surface area contributed by atoms with E-state index in [4.69, 9.17) is 11.1 Å². The van der Waals surface area contributed by atoms with E-state index in [0.29, 0.717) is 0 Å². The maximum absolute atomic E-state index is 7.83. The predicted octanol–water partition coefficient (Wildman–Crippen LogP) is 3.36. The van der Waals surface area contributed by atoms with Crippen molar-refractivity contribution < 1.29 is 0 Å². The van der Waals surface area contributed by atoms with Gasteiger partial charge >= 0.3 is 0 Å². The van der Waals surface area contributed by atoms with E-state index in [0.717, 1.165) is 36.2 Å². The number of rotatable bonds is 2. The van der Waals surface area contributed by atoms with Crippen molar-refractivity contribution in [1.82, 2.24) is 0 Å². The van der Waals surface area contributed by atoms with Crippen molar-refractivity contribution in [3.8, 4) is 0 Å². The zero-order valence-electron chi connectivity index (χ0n) is 11.7. The van der Waals surface area contributed by atoms with Crippen LogP contribution < -0.4 is 10.6 Å². The van der Waals surface area contributed by atoms with Crippen LogP contribution in [0.2, 0.25) is 0 Å². The summed E-state index contributed by atoms with van der Waals surface area (Å²) >= 11 is 0. The Hall–Kier alpha value is -2.29. The molecule has 0 spiro atoms. The fourth-order valence-electron chi connectivity index (χ4n) is 3.00. The van der Waals surface area contributed by atoms with E-state index in [1.807, 2.05) is 12.1 Å². The van der Waals surface area contributed by atoms with Crippen molar-refractivity contribution in [3.05, 3.63) is 59.2 Å². The van der Waals surface area contributed by atoms with Gasteiger partial charge in [0.2, 0.25) is 0 Å². The van der Waals surface area contributed by atoms with Gasteiger partial charge < -0.3 is 10.6 Å². The first-order chi connectivity index (χ1) is 9.68. The second-order valence-corrected chi connectivity index (χ2v) is 5.27. The molecular weight excluding hydrogens is 246 g/mol. The van der Waals surface area contributed by atoms with Crippen molar-refractivity contribution in [1.29, 1.82) is 5.41 Å². The van der Waals surface area contributed by atoms with Crippen molar-refractivity contribution in [2.75, 3.05) is 11.4 Å². The highest BCUT2D eigenvalue weighted by molar-refractivity contribution is 6.02. The Kier molecular flexibility index (Phi) is 3.18. The van der Waals surface area contributed by atoms with Gasteiger partial charge in [-0.1, -0.05) is 30.3 Å². The summed E-state index contributed by atoms with van der Waals surface area (Å²) in [5, 5.41) is 7.83. The molecule has 3 heteroatoms. The van der Waals surface area contributed by atoms with E-state index < -0.39 is 0 Å². The number of para-hydroxylation sites is 2. The molecule has 0 saturated heterocycles. The molecule has 0 amide bonds. The number of nitrogens with two attached hydrogens (primary N) is 1. The molecule has 1 heterocycles. The number of hydrogen-bond donors (Lipinski definition) is 2. The summed E-state index contributed by atoms with van der Waals surface area (Å²) in [6, 6.07) is 14.5. The molecular formula is C17H19N3. The number of benzene rings is 2. The van der Waals surface area contributed by atoms with Crippen LogP contribution in [0.1, 0.15) is 23.1 Å². The number of amidine groups is 1. The van der Waals surface area contributed by atoms with Gasteiger partial charge in [-0.3, -0.25) is 5.41 Å². The number of nitrogen functional groups attached to an aromatic ring is 1. The Labute approximate surface area is 119 Å². The zero-order chi connectivity index (χ0) is 14.1. The van der Waals surface area contributed by atoms with Gasteiger partial charge in [0.05, 0.1) is 5.69 Å². The molecule has 3 N–H and O–H groups in total. The summed E-state index contributed by atoms with van der Waals surface area (Å²) in [5.41, 5.74) is 11.4. The average molecular weight is 265 g/mol. The van der Waals surface area contributed by atoms with E-state index in [2.05, 4.69) is 42.2 Å². The molecule has 20 heavy (non-hydrogen) atoms. The van der Waals surface area contributed by atoms with Crippen LogP contribution in [0.15, 0.2) is 42.5 Å². The molecule has 0 aromatic heterocycles. The standard InChI is InChI=1S/C17H19N3/c1-12-6-4-9-14(17(18)19)16(12)20-11-5-8-13-7-2-3-10-15(13)20/h2-4,6-7,9-10H,5,8,11H2,1H3,(H3,18,19). The fourth-order valence-corrected chi connectivity index (χ4v) is 3.00. The Morgan fingerprint density at radius 1 is 1.15 bits per heavy atom. The van der Waals surface area contributed by atoms with Crippen LogP contribution in [0.25, 0.3) is 0 Å². The third kappa shape index (κ3) is 2.05. The summed E-state index contributed by atoms with van der Waals surface area (Å²) in [5.74, 6) is 0.131. The number of hydrogen-bond acceptors (Lipinski definition) is 2. The summed E-state index contributed by atoms with van der Waals surface area (Å²) in [7, 11) is 0. The molecule has 2 aromatic rings.